The van der Waals surface area contributed by atoms with Gasteiger partial charge in [0.2, 0.25) is 0 Å². The highest BCUT2D eigenvalue weighted by Crippen LogP contribution is 2.45. The van der Waals surface area contributed by atoms with Crippen molar-refractivity contribution in [1.82, 2.24) is 15.3 Å². The Labute approximate surface area is 185 Å². The van der Waals surface area contributed by atoms with Crippen LogP contribution in [0.3, 0.4) is 0 Å². The van der Waals surface area contributed by atoms with Crippen LogP contribution in [0.4, 0.5) is 17.6 Å². The fraction of sp³-hybridized carbons (Fsp3) is 0.190. The molecule has 11 heteroatoms. The number of hydrazone groups is 1. The van der Waals surface area contributed by atoms with Gasteiger partial charge in [0.1, 0.15) is 28.8 Å². The van der Waals surface area contributed by atoms with Crippen LogP contribution in [-0.2, 0) is 17.9 Å². The lowest BCUT2D eigenvalue weighted by Crippen LogP contribution is -2.51. The molecule has 0 saturated carbocycles. The zero-order valence-electron chi connectivity index (χ0n) is 16.4. The van der Waals surface area contributed by atoms with Crippen molar-refractivity contribution in [2.24, 2.45) is 10.9 Å². The normalized spacial score (nSPS) is 13.8. The second-order valence-electron chi connectivity index (χ2n) is 6.94. The molecule has 2 aromatic heterocycles. The monoisotopic (exact) mass is 467 g/mol. The summed E-state index contributed by atoms with van der Waals surface area (Å²) in [7, 11) is 0. The summed E-state index contributed by atoms with van der Waals surface area (Å²) in [5.74, 6) is -1.46. The predicted molar refractivity (Wildman–Crippen MR) is 111 cm³/mol. The minimum absolute atomic E-state index is 0.322. The van der Waals surface area contributed by atoms with Gasteiger partial charge in [0, 0.05) is 30.4 Å². The van der Waals surface area contributed by atoms with Crippen molar-refractivity contribution in [2.45, 2.75) is 17.9 Å². The van der Waals surface area contributed by atoms with Gasteiger partial charge >= 0.3 is 5.92 Å². The third kappa shape index (κ3) is 4.81. The first kappa shape index (κ1) is 23.4. The molecule has 1 atom stereocenters. The van der Waals surface area contributed by atoms with Gasteiger partial charge in [-0.05, 0) is 35.4 Å². The summed E-state index contributed by atoms with van der Waals surface area (Å²) in [5, 5.41) is 16.7. The number of halogens is 5. The number of pyridine rings is 2. The van der Waals surface area contributed by atoms with E-state index in [1.807, 2.05) is 0 Å². The topological polar surface area (TPSA) is 96.4 Å². The number of benzene rings is 1. The lowest BCUT2D eigenvalue weighted by molar-refractivity contribution is -0.195. The molecule has 0 aliphatic rings. The molecule has 0 aliphatic carbocycles. The lowest BCUT2D eigenvalue weighted by Gasteiger charge is -2.36. The quantitative estimate of drug-likeness (QED) is 0.118. The second kappa shape index (κ2) is 9.49. The number of nitrogens with two attached hydrogens (primary N) is 1. The van der Waals surface area contributed by atoms with Crippen LogP contribution in [0.15, 0.2) is 60.0 Å². The molecule has 0 fully saturated rings. The largest absolute Gasteiger partial charge is 0.377 e. The van der Waals surface area contributed by atoms with Crippen molar-refractivity contribution in [3.63, 3.8) is 0 Å². The van der Waals surface area contributed by atoms with Crippen LogP contribution in [0.1, 0.15) is 22.4 Å². The highest BCUT2D eigenvalue weighted by Gasteiger charge is 2.57. The van der Waals surface area contributed by atoms with E-state index in [0.717, 1.165) is 30.1 Å². The molecule has 3 rings (SSSR count). The average Bonchev–Trinajstić information content (AvgIpc) is 2.75. The highest BCUT2D eigenvalue weighted by atomic mass is 35.5. The van der Waals surface area contributed by atoms with Gasteiger partial charge < -0.3 is 16.3 Å². The number of nitrogens with zero attached hydrogens (tertiary/aromatic N) is 3. The van der Waals surface area contributed by atoms with Gasteiger partial charge in [-0.15, -0.1) is 0 Å². The van der Waals surface area contributed by atoms with Gasteiger partial charge in [-0.2, -0.15) is 13.9 Å². The summed E-state index contributed by atoms with van der Waals surface area (Å²) >= 11 is 5.75. The summed E-state index contributed by atoms with van der Waals surface area (Å²) in [6.07, 6.45) is 3.98. The van der Waals surface area contributed by atoms with Crippen LogP contribution >= 0.6 is 11.6 Å². The smallest absolute Gasteiger partial charge is 0.323 e. The zero-order valence-corrected chi connectivity index (χ0v) is 17.2. The maximum Gasteiger partial charge on any atom is 0.323 e. The minimum Gasteiger partial charge on any atom is -0.377 e. The van der Waals surface area contributed by atoms with Crippen LogP contribution in [0.25, 0.3) is 0 Å². The molecule has 0 bridgehead atoms. The van der Waals surface area contributed by atoms with Crippen LogP contribution in [0.5, 0.6) is 0 Å². The highest BCUT2D eigenvalue weighted by molar-refractivity contribution is 6.29. The molecule has 2 heterocycles. The Morgan fingerprint density at radius 2 is 1.75 bits per heavy atom. The standard InChI is InChI=1S/C21H18ClF4N5O/c22-19-6-2-14(10-30-19)7-13-1-5-18(29-9-13)21(25,26)20(32,11-28-12-31-27)16-4-3-15(23)8-17(16)24/h1-6,8-10,12,32H,7,11,27H2,(H,28,31). The second-order valence-corrected chi connectivity index (χ2v) is 7.32. The SMILES string of the molecule is N/N=C\NCC(O)(c1ccc(F)cc1F)C(F)(F)c1ccc(Cc2ccc(Cl)nc2)cn1. The lowest BCUT2D eigenvalue weighted by atomic mass is 9.84. The first-order valence-electron chi connectivity index (χ1n) is 9.24. The molecule has 0 radical (unpaired) electrons. The van der Waals surface area contributed by atoms with E-state index in [9.17, 15) is 13.9 Å². The molecule has 3 aromatic rings. The van der Waals surface area contributed by atoms with Crippen LogP contribution in [0, 0.1) is 11.6 Å². The molecule has 0 saturated heterocycles. The van der Waals surface area contributed by atoms with Gasteiger partial charge in [0.05, 0.1) is 6.54 Å². The molecule has 32 heavy (non-hydrogen) atoms. The summed E-state index contributed by atoms with van der Waals surface area (Å²) in [6.45, 7) is -0.886. The predicted octanol–water partition coefficient (Wildman–Crippen LogP) is 3.47. The van der Waals surface area contributed by atoms with Crippen molar-refractivity contribution in [1.29, 1.82) is 0 Å². The van der Waals surface area contributed by atoms with Crippen molar-refractivity contribution in [2.75, 3.05) is 6.54 Å². The van der Waals surface area contributed by atoms with Gasteiger partial charge in [0.25, 0.3) is 0 Å². The van der Waals surface area contributed by atoms with Crippen LogP contribution < -0.4 is 11.2 Å². The fourth-order valence-corrected chi connectivity index (χ4v) is 3.23. The van der Waals surface area contributed by atoms with Gasteiger partial charge in [-0.1, -0.05) is 23.7 Å². The van der Waals surface area contributed by atoms with Crippen LogP contribution in [0.2, 0.25) is 5.15 Å². The average molecular weight is 468 g/mol. The molecule has 0 spiro atoms. The molecule has 1 unspecified atom stereocenters. The Balaban J connectivity index is 1.95. The van der Waals surface area contributed by atoms with Crippen molar-refractivity contribution < 1.29 is 22.7 Å². The van der Waals surface area contributed by atoms with E-state index in [2.05, 4.69) is 20.4 Å². The van der Waals surface area contributed by atoms with Crippen molar-refractivity contribution >= 4 is 17.9 Å². The Bertz CT molecular complexity index is 1100. The molecule has 0 amide bonds. The number of hydrogen-bond donors (Lipinski definition) is 3. The summed E-state index contributed by atoms with van der Waals surface area (Å²) in [5.41, 5.74) is -3.39. The summed E-state index contributed by atoms with van der Waals surface area (Å²) in [6, 6.07) is 7.70. The maximum atomic E-state index is 15.5. The van der Waals surface area contributed by atoms with Crippen molar-refractivity contribution in [3.05, 3.63) is 94.0 Å². The molecule has 6 nitrogen and oxygen atoms in total. The van der Waals surface area contributed by atoms with Gasteiger partial charge in [-0.25, -0.2) is 13.8 Å². The van der Waals surface area contributed by atoms with Crippen LogP contribution in [-0.4, -0.2) is 28.0 Å². The number of nitrogens with one attached hydrogen (secondary N) is 1. The third-order valence-corrected chi connectivity index (χ3v) is 4.99. The number of rotatable bonds is 8. The zero-order chi connectivity index (χ0) is 23.4. The van der Waals surface area contributed by atoms with E-state index in [1.54, 1.807) is 18.3 Å². The Morgan fingerprint density at radius 1 is 1.06 bits per heavy atom. The Morgan fingerprint density at radius 3 is 2.31 bits per heavy atom. The third-order valence-electron chi connectivity index (χ3n) is 4.76. The molecule has 168 valence electrons. The number of alkyl halides is 2. The maximum absolute atomic E-state index is 15.5. The summed E-state index contributed by atoms with van der Waals surface area (Å²) < 4.78 is 58.7. The molecular weight excluding hydrogens is 450 g/mol. The number of hydrogen-bond acceptors (Lipinski definition) is 5. The minimum atomic E-state index is -4.08. The van der Waals surface area contributed by atoms with E-state index in [0.29, 0.717) is 23.2 Å². The molecule has 1 aromatic carbocycles. The van der Waals surface area contributed by atoms with Gasteiger partial charge in [-0.3, -0.25) is 4.98 Å². The molecule has 0 aliphatic heterocycles. The Kier molecular flexibility index (Phi) is 6.95. The number of aromatic nitrogens is 2. The summed E-state index contributed by atoms with van der Waals surface area (Å²) in [4.78, 5) is 7.74. The first-order chi connectivity index (χ1) is 15.2. The van der Waals surface area contributed by atoms with E-state index in [4.69, 9.17) is 17.4 Å². The van der Waals surface area contributed by atoms with E-state index in [-0.39, 0.29) is 0 Å². The first-order valence-corrected chi connectivity index (χ1v) is 9.62. The fourth-order valence-electron chi connectivity index (χ4n) is 3.12. The van der Waals surface area contributed by atoms with Gasteiger partial charge in [0.15, 0.2) is 5.60 Å². The van der Waals surface area contributed by atoms with E-state index < -0.39 is 41.0 Å². The Hall–Kier alpha value is -3.24. The van der Waals surface area contributed by atoms with E-state index >= 15 is 8.78 Å². The van der Waals surface area contributed by atoms with E-state index in [1.165, 1.54) is 12.3 Å². The number of aliphatic hydroxyl groups is 1. The molecule has 4 N–H and O–H groups in total. The molecular formula is C21H18ClF4N5O. The van der Waals surface area contributed by atoms with Crippen molar-refractivity contribution in [3.8, 4) is 0 Å².